The number of esters is 1. The number of amides is 2. The van der Waals surface area contributed by atoms with Crippen LogP contribution in [0.3, 0.4) is 0 Å². The summed E-state index contributed by atoms with van der Waals surface area (Å²) in [6.45, 7) is 4.75. The molecule has 0 unspecified atom stereocenters. The Morgan fingerprint density at radius 1 is 1.26 bits per heavy atom. The number of rotatable bonds is 5. The third-order valence-corrected chi connectivity index (χ3v) is 5.17. The summed E-state index contributed by atoms with van der Waals surface area (Å²) < 4.78 is 15.3. The molecule has 0 saturated carbocycles. The quantitative estimate of drug-likeness (QED) is 0.784. The highest BCUT2D eigenvalue weighted by molar-refractivity contribution is 7.17. The lowest BCUT2D eigenvalue weighted by Crippen LogP contribution is -2.36. The molecular weight excluding hydrogens is 372 g/mol. The molecule has 1 aliphatic rings. The number of hydrogen-bond donors (Lipinski definition) is 1. The van der Waals surface area contributed by atoms with E-state index in [1.54, 1.807) is 24.8 Å². The van der Waals surface area contributed by atoms with Crippen molar-refractivity contribution >= 4 is 34.3 Å². The molecule has 3 rings (SSSR count). The van der Waals surface area contributed by atoms with Crippen molar-refractivity contribution in [2.45, 2.75) is 26.8 Å². The summed E-state index contributed by atoms with van der Waals surface area (Å²) in [6.07, 6.45) is 1.49. The van der Waals surface area contributed by atoms with Crippen molar-refractivity contribution in [2.24, 2.45) is 0 Å². The van der Waals surface area contributed by atoms with Crippen molar-refractivity contribution in [3.05, 3.63) is 40.2 Å². The van der Waals surface area contributed by atoms with Gasteiger partial charge in [0.25, 0.3) is 5.91 Å². The second-order valence-electron chi connectivity index (χ2n) is 5.73. The molecule has 8 nitrogen and oxygen atoms in total. The summed E-state index contributed by atoms with van der Waals surface area (Å²) in [5, 5.41) is 3.12. The Morgan fingerprint density at radius 2 is 2.04 bits per heavy atom. The van der Waals surface area contributed by atoms with Crippen molar-refractivity contribution in [1.29, 1.82) is 0 Å². The van der Waals surface area contributed by atoms with Gasteiger partial charge in [-0.2, -0.15) is 0 Å². The number of nitrogens with zero attached hydrogens (tertiary/aromatic N) is 1. The molecule has 3 heterocycles. The van der Waals surface area contributed by atoms with E-state index in [4.69, 9.17) is 13.9 Å². The first kappa shape index (κ1) is 19.0. The summed E-state index contributed by atoms with van der Waals surface area (Å²) in [5.41, 5.74) is 1.15. The SMILES string of the molecule is CCOC(=O)c1c(NC(=O)c2ccco2)sc2c1CCN(C(=O)OCC)C2. The molecule has 0 atom stereocenters. The molecule has 1 aliphatic heterocycles. The molecule has 0 aliphatic carbocycles. The Hall–Kier alpha value is -2.81. The summed E-state index contributed by atoms with van der Waals surface area (Å²) in [7, 11) is 0. The summed E-state index contributed by atoms with van der Waals surface area (Å²) in [6, 6.07) is 3.15. The molecule has 2 aromatic rings. The van der Waals surface area contributed by atoms with Gasteiger partial charge in [0.1, 0.15) is 5.00 Å². The zero-order valence-corrected chi connectivity index (χ0v) is 15.9. The van der Waals surface area contributed by atoms with Gasteiger partial charge in [-0.05, 0) is 38.0 Å². The molecule has 2 amide bonds. The number of fused-ring (bicyclic) bond motifs is 1. The third kappa shape index (κ3) is 3.97. The van der Waals surface area contributed by atoms with E-state index in [1.165, 1.54) is 23.7 Å². The highest BCUT2D eigenvalue weighted by Crippen LogP contribution is 2.38. The van der Waals surface area contributed by atoms with Gasteiger partial charge in [0.15, 0.2) is 5.76 Å². The van der Waals surface area contributed by atoms with Crippen LogP contribution in [0.25, 0.3) is 0 Å². The van der Waals surface area contributed by atoms with Crippen LogP contribution < -0.4 is 5.32 Å². The number of nitrogens with one attached hydrogen (secondary N) is 1. The van der Waals surface area contributed by atoms with Crippen molar-refractivity contribution in [2.75, 3.05) is 25.1 Å². The standard InChI is InChI=1S/C18H20N2O6S/c1-3-24-17(22)14-11-7-8-20(18(23)25-4-2)10-13(11)27-16(14)19-15(21)12-6-5-9-26-12/h5-6,9H,3-4,7-8,10H2,1-2H3,(H,19,21). The number of thiophene rings is 1. The fourth-order valence-corrected chi connectivity index (χ4v) is 4.10. The highest BCUT2D eigenvalue weighted by atomic mass is 32.1. The smallest absolute Gasteiger partial charge is 0.410 e. The monoisotopic (exact) mass is 392 g/mol. The number of anilines is 1. The predicted molar refractivity (Wildman–Crippen MR) is 98.1 cm³/mol. The van der Waals surface area contributed by atoms with Crippen LogP contribution in [-0.4, -0.2) is 42.6 Å². The molecule has 9 heteroatoms. The molecule has 0 aromatic carbocycles. The number of furan rings is 1. The topological polar surface area (TPSA) is 98.1 Å². The van der Waals surface area contributed by atoms with E-state index in [0.29, 0.717) is 36.7 Å². The normalized spacial score (nSPS) is 13.0. The second kappa shape index (κ2) is 8.26. The number of ether oxygens (including phenoxy) is 2. The molecule has 0 saturated heterocycles. The minimum absolute atomic E-state index is 0.143. The average molecular weight is 392 g/mol. The fourth-order valence-electron chi connectivity index (χ4n) is 2.85. The van der Waals surface area contributed by atoms with Crippen molar-refractivity contribution in [1.82, 2.24) is 4.90 Å². The highest BCUT2D eigenvalue weighted by Gasteiger charge is 2.31. The van der Waals surface area contributed by atoms with Crippen LogP contribution in [0.2, 0.25) is 0 Å². The molecule has 0 spiro atoms. The van der Waals surface area contributed by atoms with E-state index in [0.717, 1.165) is 10.4 Å². The summed E-state index contributed by atoms with van der Waals surface area (Å²) in [5.74, 6) is -0.801. The molecule has 1 N–H and O–H groups in total. The van der Waals surface area contributed by atoms with Crippen LogP contribution in [0, 0.1) is 0 Å². The first-order valence-electron chi connectivity index (χ1n) is 8.63. The van der Waals surface area contributed by atoms with Gasteiger partial charge in [0.05, 0.1) is 31.6 Å². The van der Waals surface area contributed by atoms with Crippen LogP contribution in [0.15, 0.2) is 22.8 Å². The maximum atomic E-state index is 12.5. The Labute approximate surface area is 160 Å². The first-order valence-corrected chi connectivity index (χ1v) is 9.45. The van der Waals surface area contributed by atoms with Crippen LogP contribution >= 0.6 is 11.3 Å². The van der Waals surface area contributed by atoms with Gasteiger partial charge in [-0.3, -0.25) is 4.79 Å². The van der Waals surface area contributed by atoms with Crippen molar-refractivity contribution in [3.8, 4) is 0 Å². The van der Waals surface area contributed by atoms with E-state index in [-0.39, 0.29) is 12.4 Å². The van der Waals surface area contributed by atoms with Gasteiger partial charge in [-0.25, -0.2) is 9.59 Å². The lowest BCUT2D eigenvalue weighted by atomic mass is 10.0. The van der Waals surface area contributed by atoms with Crippen LogP contribution in [0.4, 0.5) is 9.80 Å². The number of carbonyl (C=O) groups is 3. The maximum absolute atomic E-state index is 12.5. The fraction of sp³-hybridized carbons (Fsp3) is 0.389. The van der Waals surface area contributed by atoms with Crippen LogP contribution in [0.1, 0.15) is 45.2 Å². The maximum Gasteiger partial charge on any atom is 0.410 e. The summed E-state index contributed by atoms with van der Waals surface area (Å²) >= 11 is 1.26. The minimum Gasteiger partial charge on any atom is -0.462 e. The molecule has 27 heavy (non-hydrogen) atoms. The van der Waals surface area contributed by atoms with E-state index >= 15 is 0 Å². The van der Waals surface area contributed by atoms with Crippen molar-refractivity contribution in [3.63, 3.8) is 0 Å². The average Bonchev–Trinajstić information content (AvgIpc) is 3.29. The van der Waals surface area contributed by atoms with Crippen LogP contribution in [0.5, 0.6) is 0 Å². The molecule has 0 fully saturated rings. The van der Waals surface area contributed by atoms with Gasteiger partial charge < -0.3 is 24.1 Å². The lowest BCUT2D eigenvalue weighted by Gasteiger charge is -2.26. The Morgan fingerprint density at radius 3 is 2.70 bits per heavy atom. The molecule has 2 aromatic heterocycles. The number of carbonyl (C=O) groups excluding carboxylic acids is 3. The molecule has 0 radical (unpaired) electrons. The molecule has 144 valence electrons. The minimum atomic E-state index is -0.491. The van der Waals surface area contributed by atoms with Gasteiger partial charge in [-0.1, -0.05) is 0 Å². The van der Waals surface area contributed by atoms with E-state index in [9.17, 15) is 14.4 Å². The van der Waals surface area contributed by atoms with Gasteiger partial charge >= 0.3 is 12.1 Å². The molecular formula is C18H20N2O6S. The lowest BCUT2D eigenvalue weighted by molar-refractivity contribution is 0.0526. The van der Waals surface area contributed by atoms with Crippen molar-refractivity contribution < 1.29 is 28.3 Å². The Kier molecular flexibility index (Phi) is 5.80. The van der Waals surface area contributed by atoms with Gasteiger partial charge in [0.2, 0.25) is 0 Å². The van der Waals surface area contributed by atoms with E-state index < -0.39 is 18.0 Å². The van der Waals surface area contributed by atoms with Crippen LogP contribution in [-0.2, 0) is 22.4 Å². The zero-order valence-electron chi connectivity index (χ0n) is 15.1. The number of hydrogen-bond acceptors (Lipinski definition) is 7. The zero-order chi connectivity index (χ0) is 19.4. The van der Waals surface area contributed by atoms with E-state index in [2.05, 4.69) is 5.32 Å². The molecule has 0 bridgehead atoms. The van der Waals surface area contributed by atoms with Gasteiger partial charge in [-0.15, -0.1) is 11.3 Å². The van der Waals surface area contributed by atoms with E-state index in [1.807, 2.05) is 0 Å². The summed E-state index contributed by atoms with van der Waals surface area (Å²) in [4.78, 5) is 39.2. The Balaban J connectivity index is 1.90. The third-order valence-electron chi connectivity index (χ3n) is 4.03. The second-order valence-corrected chi connectivity index (χ2v) is 6.84. The Bertz CT molecular complexity index is 842. The largest absolute Gasteiger partial charge is 0.462 e. The predicted octanol–water partition coefficient (Wildman–Crippen LogP) is 3.28. The first-order chi connectivity index (χ1) is 13.0. The van der Waals surface area contributed by atoms with Gasteiger partial charge in [0, 0.05) is 11.4 Å².